The van der Waals surface area contributed by atoms with Crippen molar-refractivity contribution in [1.29, 1.82) is 0 Å². The standard InChI is InChI=1S/C28H40N2O4/c1-7-30(24-12-10-23(11-13-24)29(3)4)27-19-22(18-26(20(27)2)28(31)33-6)21-8-14-25(15-9-21)34-17-16-32-5/h8-9,14-15,18-19,23-24H,7,10-13,16-17H2,1-6H3. The van der Waals surface area contributed by atoms with Crippen molar-refractivity contribution in [3.8, 4) is 16.9 Å². The average molecular weight is 469 g/mol. The fraction of sp³-hybridized carbons (Fsp3) is 0.536. The zero-order valence-electron chi connectivity index (χ0n) is 21.6. The third-order valence-electron chi connectivity index (χ3n) is 7.02. The van der Waals surface area contributed by atoms with Crippen LogP contribution in [0.3, 0.4) is 0 Å². The van der Waals surface area contributed by atoms with Crippen LogP contribution in [0, 0.1) is 6.92 Å². The van der Waals surface area contributed by atoms with Crippen molar-refractivity contribution in [1.82, 2.24) is 4.90 Å². The van der Waals surface area contributed by atoms with Gasteiger partial charge in [0.05, 0.1) is 19.3 Å². The molecule has 0 unspecified atom stereocenters. The summed E-state index contributed by atoms with van der Waals surface area (Å²) in [5, 5.41) is 0. The van der Waals surface area contributed by atoms with E-state index < -0.39 is 0 Å². The van der Waals surface area contributed by atoms with Gasteiger partial charge in [0.15, 0.2) is 0 Å². The van der Waals surface area contributed by atoms with E-state index in [1.54, 1.807) is 7.11 Å². The van der Waals surface area contributed by atoms with Gasteiger partial charge in [0.2, 0.25) is 0 Å². The van der Waals surface area contributed by atoms with E-state index in [1.165, 1.54) is 20.0 Å². The Labute approximate surface area is 204 Å². The number of carbonyl (C=O) groups excluding carboxylic acids is 1. The fourth-order valence-electron chi connectivity index (χ4n) is 4.98. The van der Waals surface area contributed by atoms with Crippen LogP contribution in [0.2, 0.25) is 0 Å². The number of nitrogens with zero attached hydrogens (tertiary/aromatic N) is 2. The Hall–Kier alpha value is -2.57. The number of hydrogen-bond donors (Lipinski definition) is 0. The molecule has 3 rings (SSSR count). The van der Waals surface area contributed by atoms with Crippen molar-refractivity contribution in [2.24, 2.45) is 0 Å². The molecule has 0 saturated heterocycles. The summed E-state index contributed by atoms with van der Waals surface area (Å²) in [4.78, 5) is 17.5. The summed E-state index contributed by atoms with van der Waals surface area (Å²) in [5.41, 5.74) is 4.76. The van der Waals surface area contributed by atoms with Crippen molar-refractivity contribution in [2.45, 2.75) is 51.6 Å². The topological polar surface area (TPSA) is 51.2 Å². The van der Waals surface area contributed by atoms with E-state index in [4.69, 9.17) is 14.2 Å². The molecule has 34 heavy (non-hydrogen) atoms. The second-order valence-electron chi connectivity index (χ2n) is 9.24. The first-order valence-electron chi connectivity index (χ1n) is 12.3. The molecule has 0 spiro atoms. The molecule has 0 atom stereocenters. The number of benzene rings is 2. The van der Waals surface area contributed by atoms with Crippen LogP contribution in [0.1, 0.15) is 48.5 Å². The Morgan fingerprint density at radius 2 is 1.59 bits per heavy atom. The average Bonchev–Trinajstić information content (AvgIpc) is 2.86. The van der Waals surface area contributed by atoms with Gasteiger partial charge in [-0.15, -0.1) is 0 Å². The van der Waals surface area contributed by atoms with Gasteiger partial charge in [0.1, 0.15) is 12.4 Å². The van der Waals surface area contributed by atoms with E-state index in [2.05, 4.69) is 36.9 Å². The predicted octanol–water partition coefficient (Wildman–Crippen LogP) is 5.17. The van der Waals surface area contributed by atoms with E-state index in [-0.39, 0.29) is 5.97 Å². The van der Waals surface area contributed by atoms with Crippen LogP contribution in [-0.4, -0.2) is 71.0 Å². The normalized spacial score (nSPS) is 18.1. The molecule has 2 aromatic rings. The Morgan fingerprint density at radius 3 is 2.15 bits per heavy atom. The van der Waals surface area contributed by atoms with Gasteiger partial charge in [-0.3, -0.25) is 0 Å². The molecule has 0 bridgehead atoms. The Kier molecular flexibility index (Phi) is 9.36. The van der Waals surface area contributed by atoms with Gasteiger partial charge in [-0.1, -0.05) is 12.1 Å². The smallest absolute Gasteiger partial charge is 0.338 e. The Bertz CT molecular complexity index is 934. The van der Waals surface area contributed by atoms with Crippen LogP contribution in [0.15, 0.2) is 36.4 Å². The molecular weight excluding hydrogens is 428 g/mol. The van der Waals surface area contributed by atoms with E-state index >= 15 is 0 Å². The van der Waals surface area contributed by atoms with Crippen molar-refractivity contribution in [3.05, 3.63) is 47.5 Å². The molecule has 0 radical (unpaired) electrons. The van der Waals surface area contributed by atoms with Crippen molar-refractivity contribution >= 4 is 11.7 Å². The van der Waals surface area contributed by atoms with Crippen molar-refractivity contribution in [3.63, 3.8) is 0 Å². The summed E-state index contributed by atoms with van der Waals surface area (Å²) in [6, 6.07) is 13.3. The van der Waals surface area contributed by atoms with Gasteiger partial charge in [-0.2, -0.15) is 0 Å². The van der Waals surface area contributed by atoms with E-state index in [0.717, 1.165) is 47.5 Å². The Balaban J connectivity index is 1.94. The fourth-order valence-corrected chi connectivity index (χ4v) is 4.98. The second kappa shape index (κ2) is 12.2. The van der Waals surface area contributed by atoms with Gasteiger partial charge < -0.3 is 24.0 Å². The number of rotatable bonds is 10. The molecule has 1 aliphatic carbocycles. The first-order valence-corrected chi connectivity index (χ1v) is 12.3. The van der Waals surface area contributed by atoms with E-state index in [1.807, 2.05) is 37.3 Å². The molecule has 0 N–H and O–H groups in total. The SMILES string of the molecule is CCN(c1cc(-c2ccc(OCCOC)cc2)cc(C(=O)OC)c1C)C1CCC(N(C)C)CC1. The minimum absolute atomic E-state index is 0.299. The maximum atomic E-state index is 12.7. The third-order valence-corrected chi connectivity index (χ3v) is 7.02. The molecule has 0 amide bonds. The van der Waals surface area contributed by atoms with Crippen LogP contribution in [0.25, 0.3) is 11.1 Å². The molecule has 186 valence electrons. The second-order valence-corrected chi connectivity index (χ2v) is 9.24. The highest BCUT2D eigenvalue weighted by Gasteiger charge is 2.28. The molecule has 1 aliphatic rings. The van der Waals surface area contributed by atoms with Crippen LogP contribution < -0.4 is 9.64 Å². The van der Waals surface area contributed by atoms with E-state index in [9.17, 15) is 4.79 Å². The number of anilines is 1. The number of esters is 1. The van der Waals surface area contributed by atoms with Crippen LogP contribution in [-0.2, 0) is 9.47 Å². The van der Waals surface area contributed by atoms with Crippen molar-refractivity contribution in [2.75, 3.05) is 53.0 Å². The summed E-state index contributed by atoms with van der Waals surface area (Å²) in [6.45, 7) is 6.20. The molecule has 6 nitrogen and oxygen atoms in total. The first-order chi connectivity index (χ1) is 16.4. The van der Waals surface area contributed by atoms with Crippen LogP contribution in [0.5, 0.6) is 5.75 Å². The lowest BCUT2D eigenvalue weighted by molar-refractivity contribution is 0.0600. The predicted molar refractivity (Wildman–Crippen MR) is 138 cm³/mol. The van der Waals surface area contributed by atoms with Gasteiger partial charge in [-0.05, 0) is 94.6 Å². The third kappa shape index (κ3) is 6.10. The molecule has 0 aromatic heterocycles. The number of hydrogen-bond acceptors (Lipinski definition) is 6. The van der Waals surface area contributed by atoms with Crippen LogP contribution >= 0.6 is 0 Å². The van der Waals surface area contributed by atoms with E-state index in [0.29, 0.717) is 30.9 Å². The highest BCUT2D eigenvalue weighted by Crippen LogP contribution is 2.36. The van der Waals surface area contributed by atoms with Gasteiger partial charge in [0.25, 0.3) is 0 Å². The summed E-state index contributed by atoms with van der Waals surface area (Å²) in [5.74, 6) is 0.502. The monoisotopic (exact) mass is 468 g/mol. The molecular formula is C28H40N2O4. The lowest BCUT2D eigenvalue weighted by atomic mass is 9.88. The van der Waals surface area contributed by atoms with Gasteiger partial charge in [0, 0.05) is 31.4 Å². The molecule has 6 heteroatoms. The number of ether oxygens (including phenoxy) is 3. The summed E-state index contributed by atoms with van der Waals surface area (Å²) in [7, 11) is 7.45. The minimum Gasteiger partial charge on any atom is -0.491 e. The maximum absolute atomic E-state index is 12.7. The highest BCUT2D eigenvalue weighted by molar-refractivity contribution is 5.95. The lowest BCUT2D eigenvalue weighted by Gasteiger charge is -2.40. The zero-order valence-corrected chi connectivity index (χ0v) is 21.6. The summed E-state index contributed by atoms with van der Waals surface area (Å²) < 4.78 is 15.9. The molecule has 1 saturated carbocycles. The molecule has 1 fully saturated rings. The van der Waals surface area contributed by atoms with Crippen molar-refractivity contribution < 1.29 is 19.0 Å². The zero-order chi connectivity index (χ0) is 24.7. The van der Waals surface area contributed by atoms with Gasteiger partial charge >= 0.3 is 5.97 Å². The largest absolute Gasteiger partial charge is 0.491 e. The van der Waals surface area contributed by atoms with Crippen LogP contribution in [0.4, 0.5) is 5.69 Å². The Morgan fingerprint density at radius 1 is 0.941 bits per heavy atom. The summed E-state index contributed by atoms with van der Waals surface area (Å²) in [6.07, 6.45) is 4.70. The molecule has 0 aliphatic heterocycles. The number of methoxy groups -OCH3 is 2. The first kappa shape index (κ1) is 26.0. The molecule has 0 heterocycles. The quantitative estimate of drug-likeness (QED) is 0.354. The lowest BCUT2D eigenvalue weighted by Crippen LogP contribution is -2.42. The minimum atomic E-state index is -0.299. The van der Waals surface area contributed by atoms with Gasteiger partial charge in [-0.25, -0.2) is 4.79 Å². The maximum Gasteiger partial charge on any atom is 0.338 e. The summed E-state index contributed by atoms with van der Waals surface area (Å²) >= 11 is 0. The number of carbonyl (C=O) groups is 1. The highest BCUT2D eigenvalue weighted by atomic mass is 16.5. The molecule has 2 aromatic carbocycles.